The Morgan fingerprint density at radius 2 is 1.83 bits per heavy atom. The van der Waals surface area contributed by atoms with Crippen LogP contribution in [0.4, 0.5) is 0 Å². The molecule has 3 nitrogen and oxygen atoms in total. The van der Waals surface area contributed by atoms with Crippen LogP contribution in [0.5, 0.6) is 0 Å². The summed E-state index contributed by atoms with van der Waals surface area (Å²) in [4.78, 5) is 17.5. The molecule has 0 unspecified atom stereocenters. The molecule has 0 N–H and O–H groups in total. The van der Waals surface area contributed by atoms with Crippen LogP contribution >= 0.6 is 11.8 Å². The van der Waals surface area contributed by atoms with E-state index in [4.69, 9.17) is 4.98 Å². The standard InChI is InChI=1S/C20H18N2OS/c23-19-17-10-4-5-11-18(17)21-20(22(19)16-12-13-16)24-14-6-9-15-7-2-1-3-8-15/h1-11,16H,12-14H2/b9-6+. The second kappa shape index (κ2) is 6.65. The second-order valence-corrected chi connectivity index (χ2v) is 6.93. The summed E-state index contributed by atoms with van der Waals surface area (Å²) in [6.07, 6.45) is 6.38. The third-order valence-electron chi connectivity index (χ3n) is 4.11. The SMILES string of the molecule is O=c1c2ccccc2nc(SC/C=C/c2ccccc2)n1C1CC1. The normalized spacial score (nSPS) is 14.5. The highest BCUT2D eigenvalue weighted by Crippen LogP contribution is 2.36. The fourth-order valence-electron chi connectivity index (χ4n) is 2.75. The summed E-state index contributed by atoms with van der Waals surface area (Å²) in [5, 5.41) is 1.55. The van der Waals surface area contributed by atoms with Crippen molar-refractivity contribution in [1.29, 1.82) is 0 Å². The van der Waals surface area contributed by atoms with Crippen molar-refractivity contribution in [2.75, 3.05) is 5.75 Å². The van der Waals surface area contributed by atoms with Crippen molar-refractivity contribution < 1.29 is 0 Å². The summed E-state index contributed by atoms with van der Waals surface area (Å²) < 4.78 is 1.89. The number of fused-ring (bicyclic) bond motifs is 1. The maximum atomic E-state index is 12.8. The van der Waals surface area contributed by atoms with Crippen molar-refractivity contribution >= 4 is 28.7 Å². The Morgan fingerprint density at radius 1 is 1.08 bits per heavy atom. The van der Waals surface area contributed by atoms with Gasteiger partial charge >= 0.3 is 0 Å². The van der Waals surface area contributed by atoms with E-state index in [-0.39, 0.29) is 5.56 Å². The minimum atomic E-state index is 0.0950. The zero-order valence-electron chi connectivity index (χ0n) is 13.3. The summed E-state index contributed by atoms with van der Waals surface area (Å²) in [5.74, 6) is 0.798. The highest BCUT2D eigenvalue weighted by Gasteiger charge is 2.28. The molecule has 1 aliphatic rings. The number of nitrogens with zero attached hydrogens (tertiary/aromatic N) is 2. The van der Waals surface area contributed by atoms with Gasteiger partial charge in [0.25, 0.3) is 5.56 Å². The van der Waals surface area contributed by atoms with E-state index in [1.54, 1.807) is 11.8 Å². The van der Waals surface area contributed by atoms with Crippen LogP contribution in [0.25, 0.3) is 17.0 Å². The van der Waals surface area contributed by atoms with Crippen LogP contribution in [-0.2, 0) is 0 Å². The molecule has 120 valence electrons. The first-order chi connectivity index (χ1) is 11.8. The molecule has 3 aromatic rings. The van der Waals surface area contributed by atoms with E-state index in [0.717, 1.165) is 29.3 Å². The van der Waals surface area contributed by atoms with Crippen LogP contribution in [0.15, 0.2) is 70.6 Å². The molecule has 4 rings (SSSR count). The molecule has 0 spiro atoms. The molecule has 0 saturated heterocycles. The van der Waals surface area contributed by atoms with Gasteiger partial charge in [0, 0.05) is 11.8 Å². The minimum Gasteiger partial charge on any atom is -0.284 e. The molecular formula is C20H18N2OS. The lowest BCUT2D eigenvalue weighted by molar-refractivity contribution is 0.618. The number of rotatable bonds is 5. The Morgan fingerprint density at radius 3 is 2.62 bits per heavy atom. The number of hydrogen-bond acceptors (Lipinski definition) is 3. The van der Waals surface area contributed by atoms with E-state index in [2.05, 4.69) is 24.3 Å². The van der Waals surface area contributed by atoms with Crippen LogP contribution in [0, 0.1) is 0 Å². The van der Waals surface area contributed by atoms with Crippen molar-refractivity contribution in [2.45, 2.75) is 24.0 Å². The first-order valence-electron chi connectivity index (χ1n) is 8.18. The van der Waals surface area contributed by atoms with Crippen molar-refractivity contribution in [3.63, 3.8) is 0 Å². The lowest BCUT2D eigenvalue weighted by atomic mass is 10.2. The lowest BCUT2D eigenvalue weighted by Gasteiger charge is -2.11. The third-order valence-corrected chi connectivity index (χ3v) is 5.01. The number of thioether (sulfide) groups is 1. The third kappa shape index (κ3) is 3.15. The Bertz CT molecular complexity index is 943. The summed E-state index contributed by atoms with van der Waals surface area (Å²) in [6.45, 7) is 0. The molecule has 1 aliphatic carbocycles. The van der Waals surface area contributed by atoms with E-state index in [9.17, 15) is 4.79 Å². The number of aromatic nitrogens is 2. The van der Waals surface area contributed by atoms with E-state index in [1.165, 1.54) is 5.56 Å². The molecule has 24 heavy (non-hydrogen) atoms. The van der Waals surface area contributed by atoms with Crippen molar-refractivity contribution in [3.8, 4) is 0 Å². The molecule has 0 radical (unpaired) electrons. The smallest absolute Gasteiger partial charge is 0.262 e. The maximum absolute atomic E-state index is 12.8. The predicted molar refractivity (Wildman–Crippen MR) is 100 cm³/mol. The van der Waals surface area contributed by atoms with Gasteiger partial charge in [-0.05, 0) is 30.5 Å². The average Bonchev–Trinajstić information content (AvgIpc) is 3.45. The van der Waals surface area contributed by atoms with Crippen LogP contribution in [0.2, 0.25) is 0 Å². The molecule has 0 atom stereocenters. The van der Waals surface area contributed by atoms with E-state index in [0.29, 0.717) is 11.4 Å². The van der Waals surface area contributed by atoms with Gasteiger partial charge in [0.15, 0.2) is 5.16 Å². The number of benzene rings is 2. The average molecular weight is 334 g/mol. The van der Waals surface area contributed by atoms with Gasteiger partial charge in [-0.3, -0.25) is 9.36 Å². The molecule has 1 saturated carbocycles. The summed E-state index contributed by atoms with van der Waals surface area (Å²) in [7, 11) is 0. The molecule has 2 aromatic carbocycles. The highest BCUT2D eigenvalue weighted by molar-refractivity contribution is 7.99. The lowest BCUT2D eigenvalue weighted by Crippen LogP contribution is -2.22. The van der Waals surface area contributed by atoms with Gasteiger partial charge in [0.05, 0.1) is 10.9 Å². The molecule has 0 bridgehead atoms. The topological polar surface area (TPSA) is 34.9 Å². The fourth-order valence-corrected chi connectivity index (χ4v) is 3.63. The molecule has 1 aromatic heterocycles. The quantitative estimate of drug-likeness (QED) is 0.508. The molecule has 0 amide bonds. The monoisotopic (exact) mass is 334 g/mol. The zero-order valence-corrected chi connectivity index (χ0v) is 14.1. The van der Waals surface area contributed by atoms with Gasteiger partial charge in [-0.25, -0.2) is 4.98 Å². The van der Waals surface area contributed by atoms with Gasteiger partial charge in [0.1, 0.15) is 0 Å². The van der Waals surface area contributed by atoms with E-state index in [1.807, 2.05) is 47.0 Å². The largest absolute Gasteiger partial charge is 0.284 e. The van der Waals surface area contributed by atoms with E-state index < -0.39 is 0 Å². The fraction of sp³-hybridized carbons (Fsp3) is 0.200. The zero-order chi connectivity index (χ0) is 16.4. The first-order valence-corrected chi connectivity index (χ1v) is 9.17. The van der Waals surface area contributed by atoms with Crippen molar-refractivity contribution in [2.24, 2.45) is 0 Å². The number of hydrogen-bond donors (Lipinski definition) is 0. The van der Waals surface area contributed by atoms with Gasteiger partial charge in [-0.15, -0.1) is 0 Å². The molecule has 0 aliphatic heterocycles. The van der Waals surface area contributed by atoms with Gasteiger partial charge in [0.2, 0.25) is 0 Å². The highest BCUT2D eigenvalue weighted by atomic mass is 32.2. The molecule has 1 heterocycles. The van der Waals surface area contributed by atoms with Crippen molar-refractivity contribution in [1.82, 2.24) is 9.55 Å². The van der Waals surface area contributed by atoms with Gasteiger partial charge < -0.3 is 0 Å². The summed E-state index contributed by atoms with van der Waals surface area (Å²) >= 11 is 1.63. The molecule has 4 heteroatoms. The Labute approximate surface area is 145 Å². The van der Waals surface area contributed by atoms with Crippen LogP contribution in [0.1, 0.15) is 24.4 Å². The van der Waals surface area contributed by atoms with Crippen LogP contribution in [0.3, 0.4) is 0 Å². The Kier molecular flexibility index (Phi) is 4.22. The molecule has 1 fully saturated rings. The van der Waals surface area contributed by atoms with Crippen LogP contribution in [-0.4, -0.2) is 15.3 Å². The minimum absolute atomic E-state index is 0.0950. The van der Waals surface area contributed by atoms with Crippen molar-refractivity contribution in [3.05, 3.63) is 76.6 Å². The second-order valence-electron chi connectivity index (χ2n) is 5.94. The Balaban J connectivity index is 1.60. The first kappa shape index (κ1) is 15.2. The maximum Gasteiger partial charge on any atom is 0.262 e. The van der Waals surface area contributed by atoms with E-state index >= 15 is 0 Å². The summed E-state index contributed by atoms with van der Waals surface area (Å²) in [5.41, 5.74) is 2.07. The predicted octanol–water partition coefficient (Wildman–Crippen LogP) is 4.54. The van der Waals surface area contributed by atoms with Gasteiger partial charge in [-0.2, -0.15) is 0 Å². The molecular weight excluding hydrogens is 316 g/mol. The summed E-state index contributed by atoms with van der Waals surface area (Å²) in [6, 6.07) is 18.2. The Hall–Kier alpha value is -2.33. The van der Waals surface area contributed by atoms with Gasteiger partial charge in [-0.1, -0.05) is 66.4 Å². The van der Waals surface area contributed by atoms with Crippen LogP contribution < -0.4 is 5.56 Å². The number of para-hydroxylation sites is 1.